The summed E-state index contributed by atoms with van der Waals surface area (Å²) >= 11 is 0. The summed E-state index contributed by atoms with van der Waals surface area (Å²) < 4.78 is 3.83. The van der Waals surface area contributed by atoms with Gasteiger partial charge in [-0.3, -0.25) is 9.59 Å². The van der Waals surface area contributed by atoms with Crippen molar-refractivity contribution in [1.82, 2.24) is 13.9 Å². The van der Waals surface area contributed by atoms with E-state index in [0.29, 0.717) is 22.3 Å². The molecule has 2 atom stereocenters. The first kappa shape index (κ1) is 19.3. The molecule has 0 unspecified atom stereocenters. The van der Waals surface area contributed by atoms with Crippen LogP contribution in [-0.4, -0.2) is 30.6 Å². The summed E-state index contributed by atoms with van der Waals surface area (Å²) in [7, 11) is 1.43. The summed E-state index contributed by atoms with van der Waals surface area (Å²) in [5.74, 6) is -0.828. The molecule has 0 saturated carbocycles. The summed E-state index contributed by atoms with van der Waals surface area (Å²) in [6, 6.07) is 4.56. The number of carbonyl (C=O) groups is 2. The predicted octanol–water partition coefficient (Wildman–Crippen LogP) is 1.43. The van der Waals surface area contributed by atoms with Gasteiger partial charge < -0.3 is 5.11 Å². The molecule has 2 heterocycles. The molecule has 1 aromatic heterocycles. The van der Waals surface area contributed by atoms with E-state index < -0.39 is 23.3 Å². The standard InChI is InChI=1S/C23H21N3O5/c1-11-8-13(4-5-17(11)27)19-14-6-7-25-22(30)24(3)23(31)26(25)16(14)10-15-18(28)9-12(2)21(29)20(15)19/h4-6,8-9,16,19,27H,7,10H2,1-3H3/t16-,19+/m1/s1. The van der Waals surface area contributed by atoms with E-state index in [4.69, 9.17) is 0 Å². The third-order valence-electron chi connectivity index (χ3n) is 6.58. The number of aromatic nitrogens is 3. The Balaban J connectivity index is 1.80. The number of phenolic OH excluding ortho intramolecular Hbond substituents is 1. The minimum Gasteiger partial charge on any atom is -0.508 e. The van der Waals surface area contributed by atoms with Crippen LogP contribution in [-0.2, 0) is 23.2 Å². The summed E-state index contributed by atoms with van der Waals surface area (Å²) in [4.78, 5) is 51.5. The first-order valence-electron chi connectivity index (χ1n) is 10.1. The molecule has 2 aliphatic carbocycles. The van der Waals surface area contributed by atoms with Gasteiger partial charge in [0.1, 0.15) is 5.75 Å². The number of hydrogen-bond donors (Lipinski definition) is 1. The van der Waals surface area contributed by atoms with Crippen molar-refractivity contribution in [3.8, 4) is 5.75 Å². The zero-order valence-electron chi connectivity index (χ0n) is 17.4. The van der Waals surface area contributed by atoms with Crippen LogP contribution < -0.4 is 11.4 Å². The molecule has 8 heteroatoms. The van der Waals surface area contributed by atoms with Gasteiger partial charge in [0.05, 0.1) is 12.6 Å². The zero-order chi connectivity index (χ0) is 22.2. The molecule has 8 nitrogen and oxygen atoms in total. The molecule has 0 bridgehead atoms. The lowest BCUT2D eigenvalue weighted by Gasteiger charge is -2.39. The van der Waals surface area contributed by atoms with Crippen molar-refractivity contribution in [2.24, 2.45) is 7.05 Å². The third-order valence-corrected chi connectivity index (χ3v) is 6.58. The fourth-order valence-corrected chi connectivity index (χ4v) is 4.98. The summed E-state index contributed by atoms with van der Waals surface area (Å²) in [5, 5.41) is 10.00. The Morgan fingerprint density at radius 1 is 1.06 bits per heavy atom. The van der Waals surface area contributed by atoms with Crippen LogP contribution in [0.5, 0.6) is 5.75 Å². The minimum absolute atomic E-state index is 0.137. The van der Waals surface area contributed by atoms with Gasteiger partial charge in [-0.25, -0.2) is 23.5 Å². The molecule has 0 saturated heterocycles. The Labute approximate surface area is 177 Å². The molecule has 1 N–H and O–H groups in total. The molecular formula is C23H21N3O5. The van der Waals surface area contributed by atoms with Crippen LogP contribution in [0.4, 0.5) is 0 Å². The number of nitrogens with zero attached hydrogens (tertiary/aromatic N) is 3. The van der Waals surface area contributed by atoms with Crippen molar-refractivity contribution < 1.29 is 14.7 Å². The topological polar surface area (TPSA) is 103 Å². The number of allylic oxidation sites excluding steroid dienone is 6. The Morgan fingerprint density at radius 2 is 1.81 bits per heavy atom. The first-order chi connectivity index (χ1) is 14.7. The molecule has 0 amide bonds. The summed E-state index contributed by atoms with van der Waals surface area (Å²) in [5.41, 5.74) is 2.54. The van der Waals surface area contributed by atoms with Gasteiger partial charge in [0.2, 0.25) is 0 Å². The van der Waals surface area contributed by atoms with Crippen molar-refractivity contribution in [2.45, 2.75) is 38.8 Å². The van der Waals surface area contributed by atoms with Crippen LogP contribution in [0.1, 0.15) is 36.4 Å². The number of Topliss-reactive ketones (excluding diaryl/α,β-unsaturated/α-hetero) is 1. The van der Waals surface area contributed by atoms with E-state index in [0.717, 1.165) is 15.7 Å². The van der Waals surface area contributed by atoms with Gasteiger partial charge in [-0.1, -0.05) is 18.2 Å². The average molecular weight is 419 g/mol. The van der Waals surface area contributed by atoms with Crippen LogP contribution in [0.25, 0.3) is 0 Å². The van der Waals surface area contributed by atoms with E-state index in [1.165, 1.54) is 22.5 Å². The normalized spacial score (nSPS) is 22.5. The number of phenols is 1. The van der Waals surface area contributed by atoms with Crippen LogP contribution in [0.2, 0.25) is 0 Å². The minimum atomic E-state index is -0.545. The number of carbonyl (C=O) groups excluding carboxylic acids is 2. The lowest BCUT2D eigenvalue weighted by atomic mass is 9.67. The number of ketones is 2. The fourth-order valence-electron chi connectivity index (χ4n) is 4.98. The second-order valence-electron chi connectivity index (χ2n) is 8.37. The number of benzene rings is 1. The molecule has 5 rings (SSSR count). The number of aryl methyl sites for hydroxylation is 1. The highest BCUT2D eigenvalue weighted by Crippen LogP contribution is 2.49. The highest BCUT2D eigenvalue weighted by atomic mass is 16.3. The van der Waals surface area contributed by atoms with Crippen LogP contribution >= 0.6 is 0 Å². The molecule has 0 spiro atoms. The molecule has 1 aromatic carbocycles. The number of fused-ring (bicyclic) bond motifs is 3. The van der Waals surface area contributed by atoms with Gasteiger partial charge in [-0.05, 0) is 42.7 Å². The Bertz CT molecular complexity index is 1410. The van der Waals surface area contributed by atoms with Crippen LogP contribution in [0.3, 0.4) is 0 Å². The monoisotopic (exact) mass is 419 g/mol. The van der Waals surface area contributed by atoms with Gasteiger partial charge in [0, 0.05) is 36.1 Å². The van der Waals surface area contributed by atoms with Crippen molar-refractivity contribution in [2.75, 3.05) is 0 Å². The second kappa shape index (κ2) is 6.41. The number of aromatic hydroxyl groups is 1. The van der Waals surface area contributed by atoms with Gasteiger partial charge in [-0.2, -0.15) is 0 Å². The predicted molar refractivity (Wildman–Crippen MR) is 112 cm³/mol. The molecule has 3 aliphatic rings. The Kier molecular flexibility index (Phi) is 3.99. The van der Waals surface area contributed by atoms with Crippen molar-refractivity contribution >= 4 is 11.6 Å². The average Bonchev–Trinajstić information content (AvgIpc) is 2.97. The molecule has 31 heavy (non-hydrogen) atoms. The van der Waals surface area contributed by atoms with E-state index >= 15 is 0 Å². The van der Waals surface area contributed by atoms with Crippen LogP contribution in [0, 0.1) is 6.92 Å². The van der Waals surface area contributed by atoms with Gasteiger partial charge in [0.25, 0.3) is 0 Å². The van der Waals surface area contributed by atoms with E-state index in [-0.39, 0.29) is 30.3 Å². The summed E-state index contributed by atoms with van der Waals surface area (Å²) in [6.07, 6.45) is 3.40. The van der Waals surface area contributed by atoms with E-state index in [9.17, 15) is 24.3 Å². The van der Waals surface area contributed by atoms with Crippen molar-refractivity contribution in [1.29, 1.82) is 0 Å². The van der Waals surface area contributed by atoms with E-state index in [2.05, 4.69) is 0 Å². The maximum atomic E-state index is 13.2. The Hall–Kier alpha value is -3.68. The van der Waals surface area contributed by atoms with Gasteiger partial charge >= 0.3 is 11.4 Å². The van der Waals surface area contributed by atoms with Crippen molar-refractivity contribution in [3.63, 3.8) is 0 Å². The lowest BCUT2D eigenvalue weighted by molar-refractivity contribution is -0.116. The SMILES string of the molecule is CC1=CC(=O)C2=C(C1=O)[C@@H](c1ccc(O)c(C)c1)C1=CCn3c(=O)n(C)c(=O)n3[C@@H]1C2. The van der Waals surface area contributed by atoms with Gasteiger partial charge in [0.15, 0.2) is 11.6 Å². The zero-order valence-corrected chi connectivity index (χ0v) is 17.4. The molecule has 0 fully saturated rings. The third kappa shape index (κ3) is 2.54. The van der Waals surface area contributed by atoms with E-state index in [1.807, 2.05) is 6.08 Å². The quantitative estimate of drug-likeness (QED) is 0.556. The molecule has 0 radical (unpaired) electrons. The maximum Gasteiger partial charge on any atom is 0.347 e. The number of rotatable bonds is 1. The maximum absolute atomic E-state index is 13.2. The smallest absolute Gasteiger partial charge is 0.347 e. The Morgan fingerprint density at radius 3 is 2.52 bits per heavy atom. The van der Waals surface area contributed by atoms with Crippen LogP contribution in [0.15, 0.2) is 62.2 Å². The molecule has 158 valence electrons. The lowest BCUT2D eigenvalue weighted by Crippen LogP contribution is -2.40. The van der Waals surface area contributed by atoms with Gasteiger partial charge in [-0.15, -0.1) is 0 Å². The van der Waals surface area contributed by atoms with Crippen molar-refractivity contribution in [3.05, 3.63) is 84.7 Å². The highest BCUT2D eigenvalue weighted by molar-refractivity contribution is 6.23. The first-order valence-corrected chi connectivity index (χ1v) is 10.1. The highest BCUT2D eigenvalue weighted by Gasteiger charge is 2.44. The molecular weight excluding hydrogens is 398 g/mol. The van der Waals surface area contributed by atoms with E-state index in [1.54, 1.807) is 32.0 Å². The fraction of sp³-hybridized carbons (Fsp3) is 0.304. The molecule has 1 aliphatic heterocycles. The molecule has 2 aromatic rings. The second-order valence-corrected chi connectivity index (χ2v) is 8.37. The largest absolute Gasteiger partial charge is 0.508 e. The number of hydrogen-bond acceptors (Lipinski definition) is 5. The summed E-state index contributed by atoms with van der Waals surface area (Å²) in [6.45, 7) is 3.60.